The number of hydrogen-bond acceptors (Lipinski definition) is 5. The molecule has 0 unspecified atom stereocenters. The summed E-state index contributed by atoms with van der Waals surface area (Å²) in [5.41, 5.74) is 16.5. The molecule has 64 heavy (non-hydrogen) atoms. The van der Waals surface area contributed by atoms with E-state index in [1.807, 2.05) is 60.7 Å². The number of furan rings is 2. The molecule has 0 saturated heterocycles. The number of para-hydroxylation sites is 3. The van der Waals surface area contributed by atoms with Crippen LogP contribution in [0.5, 0.6) is 0 Å². The van der Waals surface area contributed by atoms with Crippen molar-refractivity contribution in [1.29, 1.82) is 0 Å². The van der Waals surface area contributed by atoms with Crippen LogP contribution in [0.25, 0.3) is 117 Å². The lowest BCUT2D eigenvalue weighted by molar-refractivity contribution is 0.668. The van der Waals surface area contributed by atoms with Crippen LogP contribution in [-0.4, -0.2) is 19.5 Å². The van der Waals surface area contributed by atoms with Crippen molar-refractivity contribution >= 4 is 65.7 Å². The SMILES string of the molecule is c1ccc2c(c1)-c1ccccc1C21c2ccccc2-c2c1ccc1c3ccccc3n(-c3nc(-c4cccc5oc6ccccc6c45)nc(-c4cccc5oc6ccccc6c45)n3)c21. The quantitative estimate of drug-likeness (QED) is 0.178. The largest absolute Gasteiger partial charge is 0.456 e. The maximum Gasteiger partial charge on any atom is 0.238 e. The van der Waals surface area contributed by atoms with Gasteiger partial charge in [-0.05, 0) is 69.3 Å². The number of fused-ring (bicyclic) bond motifs is 20. The van der Waals surface area contributed by atoms with E-state index in [0.29, 0.717) is 17.6 Å². The van der Waals surface area contributed by atoms with Gasteiger partial charge in [0.15, 0.2) is 11.6 Å². The molecule has 0 saturated carbocycles. The topological polar surface area (TPSA) is 69.9 Å². The normalized spacial score (nSPS) is 13.4. The van der Waals surface area contributed by atoms with Crippen LogP contribution >= 0.6 is 0 Å². The van der Waals surface area contributed by atoms with Gasteiger partial charge < -0.3 is 8.83 Å². The standard InChI is InChI=1S/C58H32N4O2/c1-7-23-42-33(15-1)34-16-2-8-24-43(34)58(42)44-25-9-3-18-37(44)53-45(58)32-31-36-35-17-4-10-26-46(35)62(54(36)53)57-60-55(40-21-13-29-49-51(40)38-19-5-11-27-47(38)63-49)59-56(61-57)41-22-14-30-50-52(41)39-20-6-12-28-48(39)64-50/h1-32H. The van der Waals surface area contributed by atoms with Gasteiger partial charge in [-0.15, -0.1) is 0 Å². The highest BCUT2D eigenvalue weighted by atomic mass is 16.3. The van der Waals surface area contributed by atoms with Gasteiger partial charge in [0.05, 0.1) is 16.4 Å². The van der Waals surface area contributed by atoms with Crippen molar-refractivity contribution in [2.45, 2.75) is 5.41 Å². The highest BCUT2D eigenvalue weighted by molar-refractivity contribution is 6.17. The zero-order valence-electron chi connectivity index (χ0n) is 34.1. The Morgan fingerprint density at radius 2 is 0.812 bits per heavy atom. The summed E-state index contributed by atoms with van der Waals surface area (Å²) in [5.74, 6) is 1.63. The molecule has 0 radical (unpaired) electrons. The Balaban J connectivity index is 1.10. The third kappa shape index (κ3) is 4.22. The molecular formula is C58H32N4O2. The molecule has 2 aliphatic carbocycles. The van der Waals surface area contributed by atoms with E-state index in [1.54, 1.807) is 0 Å². The summed E-state index contributed by atoms with van der Waals surface area (Å²) >= 11 is 0. The molecule has 0 N–H and O–H groups in total. The monoisotopic (exact) mass is 816 g/mol. The minimum Gasteiger partial charge on any atom is -0.456 e. The van der Waals surface area contributed by atoms with Crippen LogP contribution in [-0.2, 0) is 5.41 Å². The zero-order valence-corrected chi connectivity index (χ0v) is 34.1. The highest BCUT2D eigenvalue weighted by Crippen LogP contribution is 2.64. The second-order valence-corrected chi connectivity index (χ2v) is 17.0. The van der Waals surface area contributed by atoms with Crippen molar-refractivity contribution in [3.05, 3.63) is 216 Å². The maximum absolute atomic E-state index is 6.43. The van der Waals surface area contributed by atoms with Gasteiger partial charge >= 0.3 is 0 Å². The summed E-state index contributed by atoms with van der Waals surface area (Å²) in [6.45, 7) is 0. The first kappa shape index (κ1) is 34.0. The minimum absolute atomic E-state index is 0.514. The summed E-state index contributed by atoms with van der Waals surface area (Å²) in [4.78, 5) is 16.5. The van der Waals surface area contributed by atoms with Crippen LogP contribution in [0.15, 0.2) is 203 Å². The van der Waals surface area contributed by atoms with Crippen LogP contribution in [0.2, 0.25) is 0 Å². The van der Waals surface area contributed by atoms with Crippen LogP contribution in [0.3, 0.4) is 0 Å². The molecule has 2 aliphatic rings. The van der Waals surface area contributed by atoms with Gasteiger partial charge in [-0.2, -0.15) is 9.97 Å². The van der Waals surface area contributed by atoms with Crippen LogP contribution in [0.4, 0.5) is 0 Å². The van der Waals surface area contributed by atoms with Gasteiger partial charge in [-0.25, -0.2) is 4.98 Å². The molecule has 0 bridgehead atoms. The summed E-state index contributed by atoms with van der Waals surface area (Å²) in [7, 11) is 0. The van der Waals surface area contributed by atoms with Gasteiger partial charge in [0.25, 0.3) is 0 Å². The smallest absolute Gasteiger partial charge is 0.238 e. The predicted molar refractivity (Wildman–Crippen MR) is 256 cm³/mol. The fourth-order valence-electron chi connectivity index (χ4n) is 11.5. The Labute approximate surface area is 365 Å². The van der Waals surface area contributed by atoms with E-state index in [0.717, 1.165) is 76.8 Å². The fraction of sp³-hybridized carbons (Fsp3) is 0.0172. The average molecular weight is 817 g/mol. The molecule has 0 fully saturated rings. The summed E-state index contributed by atoms with van der Waals surface area (Å²) < 4.78 is 15.2. The molecule has 0 amide bonds. The molecule has 0 aliphatic heterocycles. The molecule has 1 spiro atoms. The second-order valence-electron chi connectivity index (χ2n) is 17.0. The number of benzene rings is 9. The highest BCUT2D eigenvalue weighted by Gasteiger charge is 2.52. The van der Waals surface area contributed by atoms with E-state index in [4.69, 9.17) is 23.8 Å². The van der Waals surface area contributed by atoms with Crippen molar-refractivity contribution in [3.63, 3.8) is 0 Å². The Morgan fingerprint density at radius 1 is 0.344 bits per heavy atom. The number of nitrogens with zero attached hydrogens (tertiary/aromatic N) is 4. The first-order chi connectivity index (χ1) is 31.8. The van der Waals surface area contributed by atoms with Gasteiger partial charge in [-0.1, -0.05) is 164 Å². The molecule has 9 aromatic carbocycles. The van der Waals surface area contributed by atoms with Gasteiger partial charge in [-0.3, -0.25) is 4.57 Å². The lowest BCUT2D eigenvalue weighted by Gasteiger charge is -2.30. The summed E-state index contributed by atoms with van der Waals surface area (Å²) in [6.07, 6.45) is 0. The van der Waals surface area contributed by atoms with Gasteiger partial charge in [0.2, 0.25) is 5.95 Å². The number of rotatable bonds is 3. The van der Waals surface area contributed by atoms with Crippen molar-refractivity contribution in [1.82, 2.24) is 19.5 Å². The van der Waals surface area contributed by atoms with Gasteiger partial charge in [0, 0.05) is 49.0 Å². The van der Waals surface area contributed by atoms with Crippen LogP contribution in [0, 0.1) is 0 Å². The first-order valence-electron chi connectivity index (χ1n) is 21.7. The first-order valence-corrected chi connectivity index (χ1v) is 21.7. The van der Waals surface area contributed by atoms with E-state index in [-0.39, 0.29) is 0 Å². The van der Waals surface area contributed by atoms with Crippen molar-refractivity contribution in [2.75, 3.05) is 0 Å². The van der Waals surface area contributed by atoms with Crippen LogP contribution < -0.4 is 0 Å². The average Bonchev–Trinajstić information content (AvgIpc) is 4.15. The third-order valence-corrected chi connectivity index (χ3v) is 13.9. The van der Waals surface area contributed by atoms with Crippen LogP contribution in [0.1, 0.15) is 22.3 Å². The van der Waals surface area contributed by atoms with E-state index in [1.165, 1.54) is 44.5 Å². The van der Waals surface area contributed by atoms with Gasteiger partial charge in [0.1, 0.15) is 22.3 Å². The fourth-order valence-corrected chi connectivity index (χ4v) is 11.5. The molecule has 4 aromatic heterocycles. The van der Waals surface area contributed by atoms with E-state index >= 15 is 0 Å². The van der Waals surface area contributed by atoms with Crippen molar-refractivity contribution in [2.24, 2.45) is 0 Å². The molecule has 6 nitrogen and oxygen atoms in total. The zero-order chi connectivity index (χ0) is 41.7. The summed E-state index contributed by atoms with van der Waals surface area (Å²) in [6, 6.07) is 68.8. The molecule has 296 valence electrons. The maximum atomic E-state index is 6.43. The number of aromatic nitrogens is 4. The molecule has 13 aromatic rings. The second kappa shape index (κ2) is 12.3. The van der Waals surface area contributed by atoms with E-state index < -0.39 is 5.41 Å². The molecule has 6 heteroatoms. The predicted octanol–water partition coefficient (Wildman–Crippen LogP) is 14.4. The lowest BCUT2D eigenvalue weighted by Crippen LogP contribution is -2.25. The molecule has 4 heterocycles. The third-order valence-electron chi connectivity index (χ3n) is 13.9. The Hall–Kier alpha value is -8.61. The number of hydrogen-bond donors (Lipinski definition) is 0. The molecule has 15 rings (SSSR count). The van der Waals surface area contributed by atoms with Crippen molar-refractivity contribution in [3.8, 4) is 51.0 Å². The summed E-state index contributed by atoms with van der Waals surface area (Å²) in [5, 5.41) is 6.20. The lowest BCUT2D eigenvalue weighted by atomic mass is 9.70. The Kier molecular flexibility index (Phi) is 6.53. The van der Waals surface area contributed by atoms with E-state index in [2.05, 4.69) is 138 Å². The molecule has 0 atom stereocenters. The van der Waals surface area contributed by atoms with Crippen molar-refractivity contribution < 1.29 is 8.83 Å². The Morgan fingerprint density at radius 3 is 1.42 bits per heavy atom. The Bertz CT molecular complexity index is 3990. The molecular weight excluding hydrogens is 785 g/mol. The van der Waals surface area contributed by atoms with E-state index in [9.17, 15) is 0 Å². The minimum atomic E-state index is -0.514.